The number of benzene rings is 2. The number of aliphatic hydroxyl groups excluding tert-OH is 3. The number of hydrogen-bond acceptors (Lipinski definition) is 8. The summed E-state index contributed by atoms with van der Waals surface area (Å²) in [4.78, 5) is 15.9. The molecule has 1 saturated heterocycles. The Morgan fingerprint density at radius 2 is 1.74 bits per heavy atom. The summed E-state index contributed by atoms with van der Waals surface area (Å²) in [7, 11) is 4.11. The van der Waals surface area contributed by atoms with Gasteiger partial charge in [0.05, 0.1) is 0 Å². The fraction of sp³-hybridized carbons (Fsp3) is 0.480. The first kappa shape index (κ1) is 24.4. The van der Waals surface area contributed by atoms with Gasteiger partial charge in [-0.1, -0.05) is 18.2 Å². The summed E-state index contributed by atoms with van der Waals surface area (Å²) in [5.41, 5.74) is 4.57. The van der Waals surface area contributed by atoms with E-state index in [2.05, 4.69) is 36.0 Å². The lowest BCUT2D eigenvalue weighted by atomic mass is 9.99. The Balaban J connectivity index is 1.59. The van der Waals surface area contributed by atoms with Gasteiger partial charge in [-0.2, -0.15) is 0 Å². The molecule has 0 amide bonds. The van der Waals surface area contributed by atoms with E-state index in [4.69, 9.17) is 9.47 Å². The summed E-state index contributed by atoms with van der Waals surface area (Å²) < 4.78 is 11.0. The number of carbonyl (C=O) groups is 1. The van der Waals surface area contributed by atoms with Crippen molar-refractivity contribution in [1.29, 1.82) is 0 Å². The standard InChI is InChI=1S/C25H32N2O7/c1-26(2)12-5-13-27-18-7-4-3-6-15(18)8-9-16-14-17(10-11-19(16)27)33-25-22(30)20(28)21(29)23(34-25)24(31)32/h3-4,6-7,10-11,14,20-23,25,28-30H,5,8-9,12-13H2,1-2H3,(H,31,32)/t20-,21-,22+,23-,25-/m0/s1. The molecule has 2 aliphatic rings. The van der Waals surface area contributed by atoms with E-state index in [1.54, 1.807) is 6.07 Å². The lowest BCUT2D eigenvalue weighted by Gasteiger charge is -2.38. The number of para-hydroxylation sites is 1. The predicted molar refractivity (Wildman–Crippen MR) is 125 cm³/mol. The Labute approximate surface area is 198 Å². The van der Waals surface area contributed by atoms with Crippen molar-refractivity contribution in [3.05, 3.63) is 53.6 Å². The van der Waals surface area contributed by atoms with Gasteiger partial charge in [0.15, 0.2) is 6.10 Å². The maximum absolute atomic E-state index is 11.4. The van der Waals surface area contributed by atoms with Crippen molar-refractivity contribution in [3.63, 3.8) is 0 Å². The molecule has 1 fully saturated rings. The van der Waals surface area contributed by atoms with Crippen molar-refractivity contribution in [2.75, 3.05) is 32.1 Å². The van der Waals surface area contributed by atoms with E-state index >= 15 is 0 Å². The molecule has 0 bridgehead atoms. The largest absolute Gasteiger partial charge is 0.479 e. The minimum absolute atomic E-state index is 0.384. The van der Waals surface area contributed by atoms with Crippen LogP contribution in [0, 0.1) is 0 Å². The number of aryl methyl sites for hydroxylation is 2. The van der Waals surface area contributed by atoms with E-state index < -0.39 is 36.7 Å². The van der Waals surface area contributed by atoms with Gasteiger partial charge in [-0.15, -0.1) is 0 Å². The summed E-state index contributed by atoms with van der Waals surface area (Å²) in [5.74, 6) is -1.06. The third-order valence-electron chi connectivity index (χ3n) is 6.34. The fourth-order valence-corrected chi connectivity index (χ4v) is 4.55. The van der Waals surface area contributed by atoms with E-state index in [-0.39, 0.29) is 0 Å². The zero-order valence-electron chi connectivity index (χ0n) is 19.4. The number of ether oxygens (including phenoxy) is 2. The molecule has 9 heteroatoms. The normalized spacial score (nSPS) is 26.5. The van der Waals surface area contributed by atoms with Crippen LogP contribution < -0.4 is 9.64 Å². The number of anilines is 2. The molecule has 0 saturated carbocycles. The van der Waals surface area contributed by atoms with E-state index in [0.717, 1.165) is 43.6 Å². The molecular weight excluding hydrogens is 440 g/mol. The Morgan fingerprint density at radius 3 is 2.47 bits per heavy atom. The Kier molecular flexibility index (Phi) is 7.39. The minimum atomic E-state index is -1.76. The molecule has 2 aliphatic heterocycles. The van der Waals surface area contributed by atoms with Crippen LogP contribution in [-0.2, 0) is 22.4 Å². The molecule has 2 aromatic carbocycles. The highest BCUT2D eigenvalue weighted by atomic mass is 16.7. The van der Waals surface area contributed by atoms with Crippen LogP contribution in [0.5, 0.6) is 5.75 Å². The van der Waals surface area contributed by atoms with Crippen molar-refractivity contribution in [2.24, 2.45) is 0 Å². The van der Waals surface area contributed by atoms with Gasteiger partial charge in [0.2, 0.25) is 6.29 Å². The minimum Gasteiger partial charge on any atom is -0.479 e. The number of aliphatic hydroxyl groups is 3. The number of nitrogens with zero attached hydrogens (tertiary/aromatic N) is 2. The molecule has 0 aromatic heterocycles. The monoisotopic (exact) mass is 472 g/mol. The van der Waals surface area contributed by atoms with Gasteiger partial charge < -0.3 is 39.7 Å². The van der Waals surface area contributed by atoms with Crippen LogP contribution in [0.4, 0.5) is 11.4 Å². The van der Waals surface area contributed by atoms with Crippen molar-refractivity contribution >= 4 is 17.3 Å². The molecule has 0 spiro atoms. The highest BCUT2D eigenvalue weighted by Crippen LogP contribution is 2.38. The molecule has 5 atom stereocenters. The SMILES string of the molecule is CN(C)CCCN1c2ccccc2CCc2cc(O[C@H]3O[C@H](C(=O)O)[C@@H](O)[C@H](O)[C@H]3O)ccc21. The van der Waals surface area contributed by atoms with Crippen LogP contribution in [0.3, 0.4) is 0 Å². The lowest BCUT2D eigenvalue weighted by molar-refractivity contribution is -0.271. The first-order chi connectivity index (χ1) is 16.3. The highest BCUT2D eigenvalue weighted by molar-refractivity contribution is 5.73. The van der Waals surface area contributed by atoms with Crippen LogP contribution >= 0.6 is 0 Å². The first-order valence-corrected chi connectivity index (χ1v) is 11.5. The predicted octanol–water partition coefficient (Wildman–Crippen LogP) is 1.15. The van der Waals surface area contributed by atoms with Crippen LogP contribution in [0.2, 0.25) is 0 Å². The van der Waals surface area contributed by atoms with Gasteiger partial charge in [-0.3, -0.25) is 0 Å². The number of carboxylic acid groups (broad SMARTS) is 1. The highest BCUT2D eigenvalue weighted by Gasteiger charge is 2.48. The summed E-state index contributed by atoms with van der Waals surface area (Å²) in [6, 6.07) is 13.9. The molecule has 0 radical (unpaired) electrons. The third-order valence-corrected chi connectivity index (χ3v) is 6.34. The number of fused-ring (bicyclic) bond motifs is 2. The van der Waals surface area contributed by atoms with Crippen molar-refractivity contribution < 1.29 is 34.7 Å². The second-order valence-corrected chi connectivity index (χ2v) is 9.08. The average Bonchev–Trinajstić information content (AvgIpc) is 2.96. The molecule has 0 unspecified atom stereocenters. The molecular formula is C25H32N2O7. The van der Waals surface area contributed by atoms with Crippen molar-refractivity contribution in [2.45, 2.75) is 50.0 Å². The van der Waals surface area contributed by atoms with E-state index in [1.165, 1.54) is 11.3 Å². The first-order valence-electron chi connectivity index (χ1n) is 11.5. The Morgan fingerprint density at radius 1 is 1.03 bits per heavy atom. The van der Waals surface area contributed by atoms with Crippen LogP contribution in [-0.4, -0.2) is 89.2 Å². The zero-order valence-corrected chi connectivity index (χ0v) is 19.4. The van der Waals surface area contributed by atoms with Gasteiger partial charge >= 0.3 is 5.97 Å². The van der Waals surface area contributed by atoms with Gasteiger partial charge in [-0.05, 0) is 75.3 Å². The second-order valence-electron chi connectivity index (χ2n) is 9.08. The van der Waals surface area contributed by atoms with Gasteiger partial charge in [0.25, 0.3) is 0 Å². The molecule has 2 heterocycles. The van der Waals surface area contributed by atoms with E-state index in [1.807, 2.05) is 24.3 Å². The van der Waals surface area contributed by atoms with E-state index in [9.17, 15) is 25.2 Å². The fourth-order valence-electron chi connectivity index (χ4n) is 4.55. The molecule has 184 valence electrons. The summed E-state index contributed by atoms with van der Waals surface area (Å²) in [6.45, 7) is 1.81. The average molecular weight is 473 g/mol. The summed E-state index contributed by atoms with van der Waals surface area (Å²) in [6.07, 6.45) is -5.58. The number of rotatable bonds is 7. The maximum Gasteiger partial charge on any atom is 0.335 e. The van der Waals surface area contributed by atoms with Crippen LogP contribution in [0.25, 0.3) is 0 Å². The molecule has 4 N–H and O–H groups in total. The Bertz CT molecular complexity index is 1010. The number of aliphatic carboxylic acids is 1. The molecule has 0 aliphatic carbocycles. The lowest BCUT2D eigenvalue weighted by Crippen LogP contribution is -2.61. The maximum atomic E-state index is 11.4. The number of carboxylic acids is 1. The number of hydrogen-bond donors (Lipinski definition) is 4. The molecule has 34 heavy (non-hydrogen) atoms. The Hall–Kier alpha value is -2.69. The van der Waals surface area contributed by atoms with Crippen molar-refractivity contribution in [1.82, 2.24) is 4.90 Å². The van der Waals surface area contributed by atoms with Crippen LogP contribution in [0.1, 0.15) is 17.5 Å². The van der Waals surface area contributed by atoms with Gasteiger partial charge in [0.1, 0.15) is 24.1 Å². The summed E-state index contributed by atoms with van der Waals surface area (Å²) >= 11 is 0. The molecule has 2 aromatic rings. The van der Waals surface area contributed by atoms with Gasteiger partial charge in [0, 0.05) is 17.9 Å². The van der Waals surface area contributed by atoms with Gasteiger partial charge in [-0.25, -0.2) is 4.79 Å². The van der Waals surface area contributed by atoms with Crippen LogP contribution in [0.15, 0.2) is 42.5 Å². The van der Waals surface area contributed by atoms with E-state index in [0.29, 0.717) is 5.75 Å². The zero-order chi connectivity index (χ0) is 24.4. The third kappa shape index (κ3) is 5.03. The smallest absolute Gasteiger partial charge is 0.335 e. The molecule has 9 nitrogen and oxygen atoms in total. The quantitative estimate of drug-likeness (QED) is 0.470. The second kappa shape index (κ2) is 10.3. The summed E-state index contributed by atoms with van der Waals surface area (Å²) in [5, 5.41) is 39.5. The topological polar surface area (TPSA) is 123 Å². The molecule has 4 rings (SSSR count). The van der Waals surface area contributed by atoms with Crippen molar-refractivity contribution in [3.8, 4) is 5.75 Å².